The molecule has 0 spiro atoms. The van der Waals surface area contributed by atoms with Crippen LogP contribution < -0.4 is 5.73 Å². The molecule has 1 aliphatic rings. The van der Waals surface area contributed by atoms with Crippen molar-refractivity contribution in [1.29, 1.82) is 0 Å². The van der Waals surface area contributed by atoms with Crippen LogP contribution in [-0.4, -0.2) is 29.9 Å². The summed E-state index contributed by atoms with van der Waals surface area (Å²) in [5.74, 6) is 0.278. The number of hydrogen-bond donors (Lipinski definition) is 1. The van der Waals surface area contributed by atoms with Crippen LogP contribution in [0, 0.1) is 6.92 Å². The van der Waals surface area contributed by atoms with E-state index < -0.39 is 0 Å². The largest absolute Gasteiger partial charge is 0.336 e. The van der Waals surface area contributed by atoms with Gasteiger partial charge in [-0.1, -0.05) is 46.3 Å². The van der Waals surface area contributed by atoms with E-state index >= 15 is 0 Å². The number of likely N-dealkylation sites (tertiary alicyclic amines) is 1. The molecule has 0 aliphatic carbocycles. The molecule has 1 fully saturated rings. The Balaban J connectivity index is 0.00000192. The number of hydrogen-bond acceptors (Lipinski definition) is 2. The first-order valence-electron chi connectivity index (χ1n) is 7.42. The third-order valence-corrected chi connectivity index (χ3v) is 4.79. The fraction of sp³-hybridized carbons (Fsp3) is 0.278. The Bertz CT molecular complexity index is 693. The summed E-state index contributed by atoms with van der Waals surface area (Å²) in [5, 5.41) is 0. The maximum Gasteiger partial charge on any atom is 0.254 e. The molecule has 5 heteroatoms. The molecule has 0 radical (unpaired) electrons. The van der Waals surface area contributed by atoms with Gasteiger partial charge in [0, 0.05) is 35.1 Å². The average Bonchev–Trinajstić information content (AvgIpc) is 2.89. The van der Waals surface area contributed by atoms with Crippen molar-refractivity contribution in [2.75, 3.05) is 13.1 Å². The quantitative estimate of drug-likeness (QED) is 0.842. The van der Waals surface area contributed by atoms with Gasteiger partial charge in [-0.2, -0.15) is 0 Å². The van der Waals surface area contributed by atoms with Crippen molar-refractivity contribution in [1.82, 2.24) is 4.90 Å². The van der Waals surface area contributed by atoms with Gasteiger partial charge < -0.3 is 10.6 Å². The van der Waals surface area contributed by atoms with E-state index in [1.54, 1.807) is 0 Å². The minimum atomic E-state index is -0.0119. The molecule has 0 aromatic heterocycles. The fourth-order valence-corrected chi connectivity index (χ4v) is 3.56. The number of nitrogens with two attached hydrogens (primary N) is 1. The van der Waals surface area contributed by atoms with Gasteiger partial charge in [0.2, 0.25) is 0 Å². The summed E-state index contributed by atoms with van der Waals surface area (Å²) in [7, 11) is 0. The van der Waals surface area contributed by atoms with E-state index in [1.807, 2.05) is 48.2 Å². The van der Waals surface area contributed by atoms with Crippen molar-refractivity contribution in [3.63, 3.8) is 0 Å². The molecule has 0 saturated carbocycles. The Morgan fingerprint density at radius 1 is 1.17 bits per heavy atom. The van der Waals surface area contributed by atoms with Crippen LogP contribution in [-0.2, 0) is 0 Å². The highest BCUT2D eigenvalue weighted by Gasteiger charge is 2.34. The lowest BCUT2D eigenvalue weighted by Crippen LogP contribution is -2.32. The highest BCUT2D eigenvalue weighted by molar-refractivity contribution is 9.10. The van der Waals surface area contributed by atoms with Gasteiger partial charge in [0.1, 0.15) is 0 Å². The Kier molecular flexibility index (Phi) is 5.84. The zero-order chi connectivity index (χ0) is 15.7. The van der Waals surface area contributed by atoms with Crippen molar-refractivity contribution < 1.29 is 4.79 Å². The monoisotopic (exact) mass is 394 g/mol. The molecule has 3 rings (SSSR count). The van der Waals surface area contributed by atoms with E-state index in [2.05, 4.69) is 28.1 Å². The SMILES string of the molecule is Cc1cc(Br)ccc1C(=O)N1C[C@@H](N)[C@H](c2ccccc2)C1.Cl. The highest BCUT2D eigenvalue weighted by Crippen LogP contribution is 2.28. The van der Waals surface area contributed by atoms with Crippen molar-refractivity contribution in [2.24, 2.45) is 5.73 Å². The Labute approximate surface area is 151 Å². The first-order chi connectivity index (χ1) is 10.6. The molecule has 2 atom stereocenters. The van der Waals surface area contributed by atoms with Crippen molar-refractivity contribution in [3.8, 4) is 0 Å². The van der Waals surface area contributed by atoms with Gasteiger partial charge in [-0.3, -0.25) is 4.79 Å². The Morgan fingerprint density at radius 3 is 2.52 bits per heavy atom. The summed E-state index contributed by atoms with van der Waals surface area (Å²) in [6.45, 7) is 3.25. The molecule has 3 nitrogen and oxygen atoms in total. The number of nitrogens with zero attached hydrogens (tertiary/aromatic N) is 1. The smallest absolute Gasteiger partial charge is 0.254 e. The van der Waals surface area contributed by atoms with Crippen LogP contribution >= 0.6 is 28.3 Å². The van der Waals surface area contributed by atoms with E-state index in [4.69, 9.17) is 5.73 Å². The third-order valence-electron chi connectivity index (χ3n) is 4.30. The molecule has 23 heavy (non-hydrogen) atoms. The van der Waals surface area contributed by atoms with Crippen molar-refractivity contribution >= 4 is 34.2 Å². The van der Waals surface area contributed by atoms with Crippen LogP contribution in [0.3, 0.4) is 0 Å². The molecule has 1 heterocycles. The maximum atomic E-state index is 12.8. The van der Waals surface area contributed by atoms with E-state index in [1.165, 1.54) is 5.56 Å². The number of amides is 1. The van der Waals surface area contributed by atoms with Crippen LogP contribution in [0.2, 0.25) is 0 Å². The first kappa shape index (κ1) is 18.0. The van der Waals surface area contributed by atoms with Crippen molar-refractivity contribution in [2.45, 2.75) is 18.9 Å². The number of rotatable bonds is 2. The second-order valence-electron chi connectivity index (χ2n) is 5.85. The molecule has 1 saturated heterocycles. The lowest BCUT2D eigenvalue weighted by atomic mass is 9.95. The van der Waals surface area contributed by atoms with E-state index in [0.717, 1.165) is 15.6 Å². The van der Waals surface area contributed by atoms with Crippen molar-refractivity contribution in [3.05, 3.63) is 69.7 Å². The van der Waals surface area contributed by atoms with Gasteiger partial charge in [0.15, 0.2) is 0 Å². The third kappa shape index (κ3) is 3.77. The molecule has 2 N–H and O–H groups in total. The minimum Gasteiger partial charge on any atom is -0.336 e. The standard InChI is InChI=1S/C18H19BrN2O.ClH/c1-12-9-14(19)7-8-15(12)18(22)21-10-16(17(20)11-21)13-5-3-2-4-6-13;/h2-9,16-17H,10-11,20H2,1H3;1H/t16-,17+;/m0./s1. The van der Waals surface area contributed by atoms with Gasteiger partial charge in [-0.05, 0) is 36.2 Å². The molecule has 122 valence electrons. The number of carbonyl (C=O) groups excluding carboxylic acids is 1. The first-order valence-corrected chi connectivity index (χ1v) is 8.21. The van der Waals surface area contributed by atoms with Crippen LogP contribution in [0.15, 0.2) is 53.0 Å². The topological polar surface area (TPSA) is 46.3 Å². The van der Waals surface area contributed by atoms with E-state index in [9.17, 15) is 4.79 Å². The molecule has 0 unspecified atom stereocenters. The number of aryl methyl sites for hydroxylation is 1. The Hall–Kier alpha value is -1.36. The molecular formula is C18H20BrClN2O. The van der Waals surface area contributed by atoms with E-state index in [0.29, 0.717) is 13.1 Å². The Morgan fingerprint density at radius 2 is 1.87 bits per heavy atom. The second-order valence-corrected chi connectivity index (χ2v) is 6.77. The molecule has 0 bridgehead atoms. The zero-order valence-corrected chi connectivity index (χ0v) is 15.3. The summed E-state index contributed by atoms with van der Waals surface area (Å²) >= 11 is 3.43. The molecule has 2 aromatic rings. The molecule has 1 amide bonds. The normalized spacial score (nSPS) is 20.2. The lowest BCUT2D eigenvalue weighted by Gasteiger charge is -2.18. The van der Waals surface area contributed by atoms with Crippen LogP contribution in [0.25, 0.3) is 0 Å². The molecule has 1 aliphatic heterocycles. The van der Waals surface area contributed by atoms with Crippen LogP contribution in [0.4, 0.5) is 0 Å². The molecule has 2 aromatic carbocycles. The summed E-state index contributed by atoms with van der Waals surface area (Å²) in [6.07, 6.45) is 0. The summed E-state index contributed by atoms with van der Waals surface area (Å²) in [6, 6.07) is 16.0. The highest BCUT2D eigenvalue weighted by atomic mass is 79.9. The van der Waals surface area contributed by atoms with Crippen LogP contribution in [0.5, 0.6) is 0 Å². The number of benzene rings is 2. The van der Waals surface area contributed by atoms with E-state index in [-0.39, 0.29) is 30.3 Å². The predicted molar refractivity (Wildman–Crippen MR) is 99.2 cm³/mol. The van der Waals surface area contributed by atoms with Gasteiger partial charge in [-0.15, -0.1) is 12.4 Å². The lowest BCUT2D eigenvalue weighted by molar-refractivity contribution is 0.0788. The van der Waals surface area contributed by atoms with Gasteiger partial charge in [0.25, 0.3) is 5.91 Å². The van der Waals surface area contributed by atoms with Gasteiger partial charge >= 0.3 is 0 Å². The van der Waals surface area contributed by atoms with Crippen LogP contribution in [0.1, 0.15) is 27.4 Å². The fourth-order valence-electron chi connectivity index (χ4n) is 3.09. The zero-order valence-electron chi connectivity index (χ0n) is 12.9. The average molecular weight is 396 g/mol. The van der Waals surface area contributed by atoms with Gasteiger partial charge in [-0.25, -0.2) is 0 Å². The maximum absolute atomic E-state index is 12.8. The summed E-state index contributed by atoms with van der Waals surface area (Å²) < 4.78 is 0.988. The predicted octanol–water partition coefficient (Wildman–Crippen LogP) is 3.75. The minimum absolute atomic E-state index is 0. The summed E-state index contributed by atoms with van der Waals surface area (Å²) in [5.41, 5.74) is 9.22. The molecular weight excluding hydrogens is 376 g/mol. The number of halogens is 2. The number of carbonyl (C=O) groups is 1. The second kappa shape index (κ2) is 7.47. The summed E-state index contributed by atoms with van der Waals surface area (Å²) in [4.78, 5) is 14.6. The van der Waals surface area contributed by atoms with Gasteiger partial charge in [0.05, 0.1) is 0 Å².